The third-order valence-corrected chi connectivity index (χ3v) is 4.63. The molecule has 1 saturated carbocycles. The minimum Gasteiger partial charge on any atom is -0.445 e. The Kier molecular flexibility index (Phi) is 5.34. The van der Waals surface area contributed by atoms with E-state index in [1.807, 2.05) is 26.8 Å². The summed E-state index contributed by atoms with van der Waals surface area (Å²) in [5.41, 5.74) is 0.768. The Balaban J connectivity index is 1.44. The van der Waals surface area contributed by atoms with Gasteiger partial charge in [-0.25, -0.2) is 4.98 Å². The number of H-pyrrole nitrogens is 1. The number of rotatable bonds is 6. The summed E-state index contributed by atoms with van der Waals surface area (Å²) in [5.74, 6) is 2.17. The average Bonchev–Trinajstić information content (AvgIpc) is 3.17. The summed E-state index contributed by atoms with van der Waals surface area (Å²) < 4.78 is 5.70. The molecule has 27 heavy (non-hydrogen) atoms. The summed E-state index contributed by atoms with van der Waals surface area (Å²) in [6.07, 6.45) is 4.24. The molecular formula is C19H27N5O3. The van der Waals surface area contributed by atoms with Crippen molar-refractivity contribution in [1.29, 1.82) is 0 Å². The summed E-state index contributed by atoms with van der Waals surface area (Å²) >= 11 is 0. The molecule has 0 unspecified atom stereocenters. The van der Waals surface area contributed by atoms with E-state index < -0.39 is 0 Å². The van der Waals surface area contributed by atoms with Crippen molar-refractivity contribution in [2.24, 2.45) is 0 Å². The molecule has 1 aliphatic carbocycles. The third-order valence-electron chi connectivity index (χ3n) is 4.63. The predicted molar refractivity (Wildman–Crippen MR) is 100 cm³/mol. The summed E-state index contributed by atoms with van der Waals surface area (Å²) in [4.78, 5) is 27.5. The van der Waals surface area contributed by atoms with Crippen LogP contribution in [-0.4, -0.2) is 33.0 Å². The van der Waals surface area contributed by atoms with Crippen molar-refractivity contribution in [3.8, 4) is 0 Å². The summed E-state index contributed by atoms with van der Waals surface area (Å²) in [6, 6.07) is 2.08. The van der Waals surface area contributed by atoms with Gasteiger partial charge in [-0.2, -0.15) is 5.10 Å². The molecule has 8 heteroatoms. The lowest BCUT2D eigenvalue weighted by atomic mass is 9.78. The van der Waals surface area contributed by atoms with Gasteiger partial charge in [-0.05, 0) is 12.8 Å². The number of aryl methyl sites for hydroxylation is 1. The fraction of sp³-hybridized carbons (Fsp3) is 0.579. The van der Waals surface area contributed by atoms with Crippen LogP contribution in [0.1, 0.15) is 70.2 Å². The van der Waals surface area contributed by atoms with Crippen molar-refractivity contribution in [3.05, 3.63) is 29.6 Å². The van der Waals surface area contributed by atoms with Crippen LogP contribution in [-0.2, 0) is 21.4 Å². The fourth-order valence-corrected chi connectivity index (χ4v) is 3.09. The maximum absolute atomic E-state index is 12.2. The molecule has 3 N–H and O–H groups in total. The van der Waals surface area contributed by atoms with Crippen molar-refractivity contribution in [1.82, 2.24) is 20.5 Å². The number of anilines is 1. The van der Waals surface area contributed by atoms with E-state index in [4.69, 9.17) is 4.42 Å². The van der Waals surface area contributed by atoms with Gasteiger partial charge in [-0.1, -0.05) is 20.8 Å². The van der Waals surface area contributed by atoms with Crippen LogP contribution in [0.2, 0.25) is 0 Å². The molecule has 2 heterocycles. The molecule has 2 aromatic rings. The first-order valence-corrected chi connectivity index (χ1v) is 9.28. The molecule has 0 bridgehead atoms. The Bertz CT molecular complexity index is 811. The molecule has 2 amide bonds. The van der Waals surface area contributed by atoms with E-state index in [1.165, 1.54) is 6.92 Å². The van der Waals surface area contributed by atoms with Crippen LogP contribution in [0.4, 0.5) is 5.82 Å². The number of nitrogens with one attached hydrogen (secondary N) is 3. The highest BCUT2D eigenvalue weighted by Crippen LogP contribution is 2.36. The number of aromatic amines is 1. The Hall–Kier alpha value is -2.64. The van der Waals surface area contributed by atoms with E-state index in [9.17, 15) is 9.59 Å². The second-order valence-corrected chi connectivity index (χ2v) is 8.20. The fourth-order valence-electron chi connectivity index (χ4n) is 3.09. The smallest absolute Gasteiger partial charge is 0.225 e. The second-order valence-electron chi connectivity index (χ2n) is 8.20. The SMILES string of the molecule is CC(=O)N[C@H]1C[C@@H](c2cc(NC(=O)CCc3cnc(C(C)(C)C)o3)[nH]n2)C1. The highest BCUT2D eigenvalue weighted by atomic mass is 16.4. The topological polar surface area (TPSA) is 113 Å². The van der Waals surface area contributed by atoms with Gasteiger partial charge >= 0.3 is 0 Å². The molecule has 0 atom stereocenters. The lowest BCUT2D eigenvalue weighted by Crippen LogP contribution is -2.42. The molecular weight excluding hydrogens is 346 g/mol. The van der Waals surface area contributed by atoms with E-state index in [1.54, 1.807) is 6.20 Å². The summed E-state index contributed by atoms with van der Waals surface area (Å²) in [7, 11) is 0. The molecule has 0 aliphatic heterocycles. The first kappa shape index (κ1) is 19.1. The minimum atomic E-state index is -0.146. The van der Waals surface area contributed by atoms with Gasteiger partial charge in [-0.3, -0.25) is 14.7 Å². The van der Waals surface area contributed by atoms with E-state index >= 15 is 0 Å². The van der Waals surface area contributed by atoms with Crippen LogP contribution < -0.4 is 10.6 Å². The zero-order valence-electron chi connectivity index (χ0n) is 16.3. The zero-order valence-corrected chi connectivity index (χ0v) is 16.3. The van der Waals surface area contributed by atoms with E-state index in [2.05, 4.69) is 25.8 Å². The van der Waals surface area contributed by atoms with Gasteiger partial charge in [0.25, 0.3) is 0 Å². The maximum atomic E-state index is 12.2. The number of carbonyl (C=O) groups is 2. The van der Waals surface area contributed by atoms with Gasteiger partial charge in [0.15, 0.2) is 5.89 Å². The van der Waals surface area contributed by atoms with E-state index in [0.29, 0.717) is 36.2 Å². The number of aromatic nitrogens is 3. The predicted octanol–water partition coefficient (Wildman–Crippen LogP) is 2.65. The number of amides is 2. The highest BCUT2D eigenvalue weighted by Gasteiger charge is 2.32. The van der Waals surface area contributed by atoms with Gasteiger partial charge in [-0.15, -0.1) is 0 Å². The van der Waals surface area contributed by atoms with Crippen LogP contribution in [0.5, 0.6) is 0 Å². The van der Waals surface area contributed by atoms with Gasteiger partial charge in [0.2, 0.25) is 11.8 Å². The van der Waals surface area contributed by atoms with Crippen LogP contribution in [0, 0.1) is 0 Å². The van der Waals surface area contributed by atoms with Crippen molar-refractivity contribution in [2.75, 3.05) is 5.32 Å². The molecule has 0 saturated heterocycles. The molecule has 0 spiro atoms. The molecule has 8 nitrogen and oxygen atoms in total. The Morgan fingerprint density at radius 3 is 2.70 bits per heavy atom. The first-order valence-electron chi connectivity index (χ1n) is 9.28. The van der Waals surface area contributed by atoms with Crippen LogP contribution in [0.15, 0.2) is 16.7 Å². The lowest BCUT2D eigenvalue weighted by molar-refractivity contribution is -0.120. The van der Waals surface area contributed by atoms with Crippen LogP contribution >= 0.6 is 0 Å². The minimum absolute atomic E-state index is 0.00481. The normalized spacial score (nSPS) is 19.4. The quantitative estimate of drug-likeness (QED) is 0.720. The van der Waals surface area contributed by atoms with Crippen LogP contribution in [0.25, 0.3) is 0 Å². The van der Waals surface area contributed by atoms with Crippen molar-refractivity contribution < 1.29 is 14.0 Å². The van der Waals surface area contributed by atoms with Crippen molar-refractivity contribution in [2.45, 2.75) is 70.8 Å². The highest BCUT2D eigenvalue weighted by molar-refractivity contribution is 5.89. The number of hydrogen-bond donors (Lipinski definition) is 3. The summed E-state index contributed by atoms with van der Waals surface area (Å²) in [5, 5.41) is 12.9. The molecule has 0 aromatic carbocycles. The Morgan fingerprint density at radius 1 is 1.33 bits per heavy atom. The second kappa shape index (κ2) is 7.54. The molecule has 2 aromatic heterocycles. The van der Waals surface area contributed by atoms with Crippen molar-refractivity contribution in [3.63, 3.8) is 0 Å². The maximum Gasteiger partial charge on any atom is 0.225 e. The number of hydrogen-bond acceptors (Lipinski definition) is 5. The van der Waals surface area contributed by atoms with Gasteiger partial charge in [0.05, 0.1) is 11.9 Å². The van der Waals surface area contributed by atoms with E-state index in [0.717, 1.165) is 18.5 Å². The van der Waals surface area contributed by atoms with Crippen LogP contribution in [0.3, 0.4) is 0 Å². The molecule has 3 rings (SSSR count). The molecule has 1 aliphatic rings. The lowest BCUT2D eigenvalue weighted by Gasteiger charge is -2.34. The van der Waals surface area contributed by atoms with Gasteiger partial charge in [0, 0.05) is 43.2 Å². The van der Waals surface area contributed by atoms with E-state index in [-0.39, 0.29) is 23.3 Å². The average molecular weight is 373 g/mol. The summed E-state index contributed by atoms with van der Waals surface area (Å²) in [6.45, 7) is 7.63. The Morgan fingerprint density at radius 2 is 2.07 bits per heavy atom. The van der Waals surface area contributed by atoms with Gasteiger partial charge in [0.1, 0.15) is 11.6 Å². The first-order chi connectivity index (χ1) is 12.7. The standard InChI is InChI=1S/C19H27N5O3/c1-11(25)21-13-7-12(8-13)15-9-16(24-23-15)22-17(26)6-5-14-10-20-18(27-14)19(2,3)4/h9-10,12-13H,5-8H2,1-4H3,(H,21,25)(H2,22,23,24,26)/t12-,13+. The number of carbonyl (C=O) groups excluding carboxylic acids is 2. The molecule has 0 radical (unpaired) electrons. The largest absolute Gasteiger partial charge is 0.445 e. The number of nitrogens with zero attached hydrogens (tertiary/aromatic N) is 2. The van der Waals surface area contributed by atoms with Gasteiger partial charge < -0.3 is 15.1 Å². The van der Waals surface area contributed by atoms with Crippen molar-refractivity contribution >= 4 is 17.6 Å². The molecule has 146 valence electrons. The Labute approximate surface area is 158 Å². The molecule has 1 fully saturated rings. The zero-order chi connectivity index (χ0) is 19.6. The number of oxazole rings is 1. The third kappa shape index (κ3) is 4.96. The monoisotopic (exact) mass is 373 g/mol.